The summed E-state index contributed by atoms with van der Waals surface area (Å²) in [4.78, 5) is 0. The average molecular weight is 244 g/mol. The van der Waals surface area contributed by atoms with Crippen LogP contribution in [0.15, 0.2) is 24.4 Å². The molecule has 3 nitrogen and oxygen atoms in total. The topological polar surface area (TPSA) is 30.7 Å². The first-order valence-corrected chi connectivity index (χ1v) is 5.11. The lowest BCUT2D eigenvalue weighted by atomic mass is 10.2. The predicted octanol–water partition coefficient (Wildman–Crippen LogP) is 2.34. The molecule has 0 bridgehead atoms. The molecule has 0 radical (unpaired) electrons. The van der Waals surface area contributed by atoms with Gasteiger partial charge in [0.1, 0.15) is 11.6 Å². The summed E-state index contributed by atoms with van der Waals surface area (Å²) in [6.45, 7) is 0.262. The highest BCUT2D eigenvalue weighted by Gasteiger charge is 2.03. The molecule has 1 aromatic carbocycles. The van der Waals surface area contributed by atoms with Gasteiger partial charge in [0.25, 0.3) is 0 Å². The lowest BCUT2D eigenvalue weighted by Gasteiger charge is -2.01. The Morgan fingerprint density at radius 2 is 1.88 bits per heavy atom. The molecule has 0 unspecified atom stereocenters. The number of halogens is 3. The standard InChI is InChI=1S/C10H8ClF2N3/c11-4-10-6-16(15-14-10)5-7-1-8(12)3-9(13)2-7/h1-3,6H,4-5H2. The smallest absolute Gasteiger partial charge is 0.126 e. The number of rotatable bonds is 3. The minimum atomic E-state index is -0.604. The molecule has 0 N–H and O–H groups in total. The van der Waals surface area contributed by atoms with Gasteiger partial charge in [0.15, 0.2) is 0 Å². The number of alkyl halides is 1. The first kappa shape index (κ1) is 11.0. The third-order valence-electron chi connectivity index (χ3n) is 1.99. The van der Waals surface area contributed by atoms with Crippen LogP contribution in [0.3, 0.4) is 0 Å². The van der Waals surface area contributed by atoms with Crippen LogP contribution >= 0.6 is 11.6 Å². The van der Waals surface area contributed by atoms with Gasteiger partial charge in [0.05, 0.1) is 24.3 Å². The second-order valence-corrected chi connectivity index (χ2v) is 3.59. The number of hydrogen-bond donors (Lipinski definition) is 0. The van der Waals surface area contributed by atoms with E-state index in [4.69, 9.17) is 11.6 Å². The minimum absolute atomic E-state index is 0.261. The van der Waals surface area contributed by atoms with Gasteiger partial charge in [-0.15, -0.1) is 16.7 Å². The zero-order chi connectivity index (χ0) is 11.5. The molecule has 84 valence electrons. The van der Waals surface area contributed by atoms with E-state index in [-0.39, 0.29) is 12.4 Å². The average Bonchev–Trinajstić information content (AvgIpc) is 2.64. The van der Waals surface area contributed by atoms with Crippen molar-refractivity contribution in [1.29, 1.82) is 0 Å². The Morgan fingerprint density at radius 1 is 1.19 bits per heavy atom. The van der Waals surface area contributed by atoms with Crippen molar-refractivity contribution in [1.82, 2.24) is 15.0 Å². The molecule has 0 fully saturated rings. The van der Waals surface area contributed by atoms with Gasteiger partial charge in [0.2, 0.25) is 0 Å². The third-order valence-corrected chi connectivity index (χ3v) is 2.26. The monoisotopic (exact) mass is 243 g/mol. The Morgan fingerprint density at radius 3 is 2.44 bits per heavy atom. The Kier molecular flexibility index (Phi) is 3.14. The Bertz CT molecular complexity index is 478. The molecule has 0 aliphatic heterocycles. The molecular weight excluding hydrogens is 236 g/mol. The number of benzene rings is 1. The van der Waals surface area contributed by atoms with Crippen LogP contribution in [0, 0.1) is 11.6 Å². The van der Waals surface area contributed by atoms with E-state index in [1.807, 2.05) is 0 Å². The molecular formula is C10H8ClF2N3. The van der Waals surface area contributed by atoms with Gasteiger partial charge in [0, 0.05) is 6.07 Å². The second kappa shape index (κ2) is 4.57. The molecule has 2 aromatic rings. The quantitative estimate of drug-likeness (QED) is 0.775. The highest BCUT2D eigenvalue weighted by Crippen LogP contribution is 2.09. The first-order valence-electron chi connectivity index (χ1n) is 4.57. The number of hydrogen-bond acceptors (Lipinski definition) is 2. The molecule has 16 heavy (non-hydrogen) atoms. The largest absolute Gasteiger partial charge is 0.248 e. The summed E-state index contributed by atoms with van der Waals surface area (Å²) in [7, 11) is 0. The van der Waals surface area contributed by atoms with Crippen LogP contribution in [0.5, 0.6) is 0 Å². The van der Waals surface area contributed by atoms with Gasteiger partial charge in [-0.25, -0.2) is 13.5 Å². The zero-order valence-corrected chi connectivity index (χ0v) is 8.96. The summed E-state index contributed by atoms with van der Waals surface area (Å²) in [5, 5.41) is 7.55. The van der Waals surface area contributed by atoms with Crippen LogP contribution in [0.25, 0.3) is 0 Å². The summed E-state index contributed by atoms with van der Waals surface area (Å²) < 4.78 is 27.3. The van der Waals surface area contributed by atoms with E-state index in [1.165, 1.54) is 16.8 Å². The van der Waals surface area contributed by atoms with Crippen molar-refractivity contribution < 1.29 is 8.78 Å². The fourth-order valence-corrected chi connectivity index (χ4v) is 1.49. The molecule has 0 saturated heterocycles. The van der Waals surface area contributed by atoms with E-state index in [0.29, 0.717) is 11.3 Å². The van der Waals surface area contributed by atoms with E-state index in [9.17, 15) is 8.78 Å². The van der Waals surface area contributed by atoms with Crippen molar-refractivity contribution in [3.8, 4) is 0 Å². The summed E-state index contributed by atoms with van der Waals surface area (Å²) in [6.07, 6.45) is 1.63. The maximum atomic E-state index is 12.9. The first-order chi connectivity index (χ1) is 7.67. The van der Waals surface area contributed by atoms with Crippen LogP contribution in [-0.4, -0.2) is 15.0 Å². The number of aromatic nitrogens is 3. The SMILES string of the molecule is Fc1cc(F)cc(Cn2cc(CCl)nn2)c1. The Labute approximate surface area is 95.6 Å². The minimum Gasteiger partial charge on any atom is -0.248 e. The Balaban J connectivity index is 2.19. The van der Waals surface area contributed by atoms with E-state index in [1.54, 1.807) is 6.20 Å². The van der Waals surface area contributed by atoms with Crippen molar-refractivity contribution in [3.05, 3.63) is 47.3 Å². The van der Waals surface area contributed by atoms with Crippen molar-refractivity contribution in [2.75, 3.05) is 0 Å². The maximum absolute atomic E-state index is 12.9. The van der Waals surface area contributed by atoms with E-state index >= 15 is 0 Å². The molecule has 0 atom stereocenters. The van der Waals surface area contributed by atoms with Crippen LogP contribution in [0.4, 0.5) is 8.78 Å². The zero-order valence-electron chi connectivity index (χ0n) is 8.20. The molecule has 0 aliphatic carbocycles. The molecule has 0 saturated carbocycles. The van der Waals surface area contributed by atoms with Gasteiger partial charge >= 0.3 is 0 Å². The Hall–Kier alpha value is -1.49. The fraction of sp³-hybridized carbons (Fsp3) is 0.200. The molecule has 2 rings (SSSR count). The van der Waals surface area contributed by atoms with E-state index < -0.39 is 11.6 Å². The van der Waals surface area contributed by atoms with E-state index in [0.717, 1.165) is 6.07 Å². The molecule has 1 aromatic heterocycles. The lowest BCUT2D eigenvalue weighted by Crippen LogP contribution is -2.01. The van der Waals surface area contributed by atoms with Gasteiger partial charge < -0.3 is 0 Å². The molecule has 0 spiro atoms. The van der Waals surface area contributed by atoms with E-state index in [2.05, 4.69) is 10.3 Å². The van der Waals surface area contributed by atoms with Gasteiger partial charge in [-0.1, -0.05) is 5.21 Å². The van der Waals surface area contributed by atoms with Crippen molar-refractivity contribution in [3.63, 3.8) is 0 Å². The molecule has 0 aliphatic rings. The highest BCUT2D eigenvalue weighted by molar-refractivity contribution is 6.16. The fourth-order valence-electron chi connectivity index (χ4n) is 1.37. The van der Waals surface area contributed by atoms with Crippen molar-refractivity contribution in [2.24, 2.45) is 0 Å². The van der Waals surface area contributed by atoms with Crippen LogP contribution in [0.1, 0.15) is 11.3 Å². The van der Waals surface area contributed by atoms with Crippen LogP contribution in [0.2, 0.25) is 0 Å². The van der Waals surface area contributed by atoms with Gasteiger partial charge in [-0.05, 0) is 17.7 Å². The maximum Gasteiger partial charge on any atom is 0.126 e. The summed E-state index contributed by atoms with van der Waals surface area (Å²) in [5.74, 6) is -0.947. The van der Waals surface area contributed by atoms with Crippen molar-refractivity contribution >= 4 is 11.6 Å². The summed E-state index contributed by atoms with van der Waals surface area (Å²) in [5.41, 5.74) is 1.11. The third kappa shape index (κ3) is 2.55. The van der Waals surface area contributed by atoms with Gasteiger partial charge in [-0.2, -0.15) is 0 Å². The summed E-state index contributed by atoms with van der Waals surface area (Å²) >= 11 is 5.56. The molecule has 6 heteroatoms. The summed E-state index contributed by atoms with van der Waals surface area (Å²) in [6, 6.07) is 3.34. The van der Waals surface area contributed by atoms with Gasteiger partial charge in [-0.3, -0.25) is 0 Å². The van der Waals surface area contributed by atoms with Crippen LogP contribution < -0.4 is 0 Å². The molecule has 0 amide bonds. The van der Waals surface area contributed by atoms with Crippen LogP contribution in [-0.2, 0) is 12.4 Å². The highest BCUT2D eigenvalue weighted by atomic mass is 35.5. The normalized spacial score (nSPS) is 10.7. The predicted molar refractivity (Wildman–Crippen MR) is 55.0 cm³/mol. The van der Waals surface area contributed by atoms with Crippen molar-refractivity contribution in [2.45, 2.75) is 12.4 Å². The molecule has 1 heterocycles. The lowest BCUT2D eigenvalue weighted by molar-refractivity contribution is 0.572. The number of nitrogens with zero attached hydrogens (tertiary/aromatic N) is 3. The second-order valence-electron chi connectivity index (χ2n) is 3.32.